The molecule has 2 aromatic rings. The van der Waals surface area contributed by atoms with E-state index in [4.69, 9.17) is 4.74 Å². The van der Waals surface area contributed by atoms with E-state index >= 15 is 0 Å². The molecule has 1 heterocycles. The highest BCUT2D eigenvalue weighted by atomic mass is 16.5. The van der Waals surface area contributed by atoms with E-state index in [0.717, 1.165) is 29.7 Å². The molecule has 0 atom stereocenters. The Kier molecular flexibility index (Phi) is 5.88. The molecule has 1 aromatic carbocycles. The molecule has 2 aliphatic rings. The first-order valence-electron chi connectivity index (χ1n) is 10.5. The topological polar surface area (TPSA) is 101 Å². The van der Waals surface area contributed by atoms with Crippen LogP contribution in [-0.4, -0.2) is 34.7 Å². The van der Waals surface area contributed by atoms with E-state index in [1.807, 2.05) is 30.3 Å². The van der Waals surface area contributed by atoms with Gasteiger partial charge >= 0.3 is 12.0 Å². The first-order chi connectivity index (χ1) is 14.5. The van der Waals surface area contributed by atoms with Crippen LogP contribution in [0.5, 0.6) is 5.88 Å². The van der Waals surface area contributed by atoms with Crippen molar-refractivity contribution < 1.29 is 19.4 Å². The number of rotatable bonds is 7. The monoisotopic (exact) mass is 409 g/mol. The Morgan fingerprint density at radius 1 is 1.03 bits per heavy atom. The maximum Gasteiger partial charge on any atom is 0.319 e. The summed E-state index contributed by atoms with van der Waals surface area (Å²) in [5, 5.41) is 15.1. The van der Waals surface area contributed by atoms with E-state index in [2.05, 4.69) is 15.6 Å². The number of hydrogen-bond donors (Lipinski definition) is 3. The van der Waals surface area contributed by atoms with Crippen molar-refractivity contribution in [3.63, 3.8) is 0 Å². The molecule has 0 spiro atoms. The molecule has 0 unspecified atom stereocenters. The van der Waals surface area contributed by atoms with Gasteiger partial charge in [0.1, 0.15) is 12.0 Å². The lowest BCUT2D eigenvalue weighted by molar-refractivity contribution is -0.144. The fourth-order valence-corrected chi connectivity index (χ4v) is 3.76. The molecule has 2 fully saturated rings. The quantitative estimate of drug-likeness (QED) is 0.627. The largest absolute Gasteiger partial charge is 0.481 e. The zero-order valence-electron chi connectivity index (χ0n) is 16.9. The molecule has 4 rings (SSSR count). The fourth-order valence-electron chi connectivity index (χ4n) is 3.76. The zero-order valence-corrected chi connectivity index (χ0v) is 16.9. The lowest BCUT2D eigenvalue weighted by Crippen LogP contribution is -2.38. The number of nitrogens with zero attached hydrogens (tertiary/aromatic N) is 1. The van der Waals surface area contributed by atoms with E-state index in [0.29, 0.717) is 18.7 Å². The summed E-state index contributed by atoms with van der Waals surface area (Å²) in [6, 6.07) is 11.3. The number of ether oxygens (including phenoxy) is 1. The van der Waals surface area contributed by atoms with Crippen LogP contribution in [0.3, 0.4) is 0 Å². The van der Waals surface area contributed by atoms with Crippen molar-refractivity contribution in [2.45, 2.75) is 51.0 Å². The van der Waals surface area contributed by atoms with Crippen molar-refractivity contribution in [1.82, 2.24) is 10.3 Å². The van der Waals surface area contributed by atoms with E-state index in [1.54, 1.807) is 12.3 Å². The first kappa shape index (κ1) is 20.2. The number of aliphatic carboxylic acids is 1. The highest BCUT2D eigenvalue weighted by Gasteiger charge is 2.51. The van der Waals surface area contributed by atoms with Crippen LogP contribution < -0.4 is 15.4 Å². The predicted molar refractivity (Wildman–Crippen MR) is 113 cm³/mol. The van der Waals surface area contributed by atoms with Crippen molar-refractivity contribution in [3.8, 4) is 17.0 Å². The Hall–Kier alpha value is -3.09. The molecule has 7 heteroatoms. The third-order valence-electron chi connectivity index (χ3n) is 5.96. The van der Waals surface area contributed by atoms with Crippen molar-refractivity contribution in [1.29, 1.82) is 0 Å². The Balaban J connectivity index is 1.30. The number of carbonyl (C=O) groups excluding carboxylic acids is 1. The van der Waals surface area contributed by atoms with Crippen LogP contribution in [0.2, 0.25) is 0 Å². The molecular formula is C23H27N3O4. The molecule has 2 aliphatic carbocycles. The lowest BCUT2D eigenvalue weighted by atomic mass is 9.96. The number of anilines is 1. The van der Waals surface area contributed by atoms with Gasteiger partial charge in [-0.15, -0.1) is 0 Å². The van der Waals surface area contributed by atoms with Crippen LogP contribution in [0, 0.1) is 5.41 Å². The number of carbonyl (C=O) groups is 2. The van der Waals surface area contributed by atoms with E-state index in [-0.39, 0.29) is 18.7 Å². The summed E-state index contributed by atoms with van der Waals surface area (Å²) in [5.41, 5.74) is 1.90. The van der Waals surface area contributed by atoms with Crippen LogP contribution in [0.4, 0.5) is 10.5 Å². The van der Waals surface area contributed by atoms with Crippen LogP contribution in [0.1, 0.15) is 44.9 Å². The number of benzene rings is 1. The Morgan fingerprint density at radius 3 is 2.33 bits per heavy atom. The molecule has 1 aromatic heterocycles. The second-order valence-corrected chi connectivity index (χ2v) is 8.27. The van der Waals surface area contributed by atoms with Gasteiger partial charge in [0.05, 0.1) is 0 Å². The third kappa shape index (κ3) is 4.90. The van der Waals surface area contributed by atoms with Crippen molar-refractivity contribution in [3.05, 3.63) is 42.6 Å². The minimum atomic E-state index is -0.805. The first-order valence-corrected chi connectivity index (χ1v) is 10.5. The number of carboxylic acids is 1. The Morgan fingerprint density at radius 2 is 1.73 bits per heavy atom. The number of urea groups is 1. The van der Waals surface area contributed by atoms with Gasteiger partial charge in [-0.25, -0.2) is 9.78 Å². The second-order valence-electron chi connectivity index (χ2n) is 8.27. The highest BCUT2D eigenvalue weighted by Crippen LogP contribution is 2.46. The molecule has 0 aliphatic heterocycles. The number of carboxylic acid groups (broad SMARTS) is 1. The summed E-state index contributed by atoms with van der Waals surface area (Å²) in [7, 11) is 0. The van der Waals surface area contributed by atoms with Gasteiger partial charge in [0, 0.05) is 29.6 Å². The van der Waals surface area contributed by atoms with Crippen LogP contribution in [0.15, 0.2) is 42.6 Å². The van der Waals surface area contributed by atoms with Gasteiger partial charge in [0.2, 0.25) is 5.88 Å². The predicted octanol–water partition coefficient (Wildman–Crippen LogP) is 4.45. The molecule has 0 saturated heterocycles. The Labute approximate surface area is 175 Å². The summed E-state index contributed by atoms with van der Waals surface area (Å²) in [5.74, 6) is -0.385. The summed E-state index contributed by atoms with van der Waals surface area (Å²) in [6.45, 7) is 0.151. The van der Waals surface area contributed by atoms with E-state index < -0.39 is 11.4 Å². The lowest BCUT2D eigenvalue weighted by Gasteiger charge is -2.22. The molecule has 3 N–H and O–H groups in total. The molecule has 30 heavy (non-hydrogen) atoms. The van der Waals surface area contributed by atoms with Crippen LogP contribution in [-0.2, 0) is 4.79 Å². The molecule has 7 nitrogen and oxygen atoms in total. The van der Waals surface area contributed by atoms with Gasteiger partial charge in [0.25, 0.3) is 0 Å². The zero-order chi connectivity index (χ0) is 21.0. The standard InChI is InChI=1S/C23H27N3O4/c27-21(28)23(12-13-23)15-30-20-11-8-17(14-24-20)16-6-9-19(10-7-16)26-22(29)25-18-4-2-1-3-5-18/h6-11,14,18H,1-5,12-13,15H2,(H,27,28)(H2,25,26,29). The highest BCUT2D eigenvalue weighted by molar-refractivity contribution is 5.89. The molecule has 2 saturated carbocycles. The normalized spacial score (nSPS) is 17.7. The van der Waals surface area contributed by atoms with Gasteiger partial charge in [-0.3, -0.25) is 4.79 Å². The van der Waals surface area contributed by atoms with Gasteiger partial charge in [0.15, 0.2) is 0 Å². The molecule has 0 radical (unpaired) electrons. The smallest absolute Gasteiger partial charge is 0.319 e. The summed E-state index contributed by atoms with van der Waals surface area (Å²) in [4.78, 5) is 27.7. The number of amides is 2. The SMILES string of the molecule is O=C(Nc1ccc(-c2ccc(OCC3(C(=O)O)CC3)nc2)cc1)NC1CCCCC1. The summed E-state index contributed by atoms with van der Waals surface area (Å²) < 4.78 is 5.56. The van der Waals surface area contributed by atoms with E-state index in [9.17, 15) is 14.7 Å². The van der Waals surface area contributed by atoms with Gasteiger partial charge in [-0.1, -0.05) is 31.4 Å². The number of hydrogen-bond acceptors (Lipinski definition) is 4. The van der Waals surface area contributed by atoms with Crippen molar-refractivity contribution in [2.75, 3.05) is 11.9 Å². The summed E-state index contributed by atoms with van der Waals surface area (Å²) >= 11 is 0. The number of nitrogens with one attached hydrogen (secondary N) is 2. The van der Waals surface area contributed by atoms with Crippen molar-refractivity contribution >= 4 is 17.7 Å². The minimum Gasteiger partial charge on any atom is -0.481 e. The maximum atomic E-state index is 12.2. The molecular weight excluding hydrogens is 382 g/mol. The fraction of sp³-hybridized carbons (Fsp3) is 0.435. The minimum absolute atomic E-state index is 0.151. The van der Waals surface area contributed by atoms with Crippen molar-refractivity contribution in [2.24, 2.45) is 5.41 Å². The number of pyridine rings is 1. The molecule has 2 amide bonds. The van der Waals surface area contributed by atoms with Gasteiger partial charge < -0.3 is 20.5 Å². The van der Waals surface area contributed by atoms with E-state index in [1.165, 1.54) is 19.3 Å². The van der Waals surface area contributed by atoms with Gasteiger partial charge in [-0.05, 0) is 49.4 Å². The van der Waals surface area contributed by atoms with Gasteiger partial charge in [-0.2, -0.15) is 0 Å². The molecule has 0 bridgehead atoms. The summed E-state index contributed by atoms with van der Waals surface area (Å²) in [6.07, 6.45) is 8.72. The number of aromatic nitrogens is 1. The Bertz CT molecular complexity index is 886. The average Bonchev–Trinajstić information content (AvgIpc) is 3.55. The third-order valence-corrected chi connectivity index (χ3v) is 5.96. The second kappa shape index (κ2) is 8.73. The van der Waals surface area contributed by atoms with Crippen LogP contribution >= 0.6 is 0 Å². The molecule has 158 valence electrons. The maximum absolute atomic E-state index is 12.2. The average molecular weight is 409 g/mol. The van der Waals surface area contributed by atoms with Crippen LogP contribution in [0.25, 0.3) is 11.1 Å².